The maximum Gasteiger partial charge on any atom is 0.246 e. The molecule has 5 atom stereocenters. The smallest absolute Gasteiger partial charge is 0.246 e. The molecule has 3 N–H and O–H groups in total. The summed E-state index contributed by atoms with van der Waals surface area (Å²) in [5.41, 5.74) is 9.40. The van der Waals surface area contributed by atoms with Gasteiger partial charge in [0.2, 0.25) is 17.7 Å². The number of rotatable bonds is 16. The summed E-state index contributed by atoms with van der Waals surface area (Å²) in [7, 11) is 0. The van der Waals surface area contributed by atoms with E-state index in [9.17, 15) is 24.3 Å². The highest BCUT2D eigenvalue weighted by atomic mass is 35.5. The van der Waals surface area contributed by atoms with Crippen molar-refractivity contribution in [1.29, 1.82) is 0 Å². The SMILES string of the molecule is Cc1ncsc1-c1ccc([C@H](C)NC(=O)[C@@H]2C[C@@H](O)CN2C(=O)[C@@H](NC(=O)Cc2ccc(OC3CC(CC(=O)C[C@@H]4N=C(c5ccc(Cl)cc5)c5c(sc(C)c5C)-n5c(C)nnc54)C3)cc2)C(C)C)cc1. The summed E-state index contributed by atoms with van der Waals surface area (Å²) in [4.78, 5) is 68.3. The van der Waals surface area contributed by atoms with Crippen LogP contribution in [0.1, 0.15) is 115 Å². The molecule has 5 heterocycles. The fraction of sp³-hybridized carbons (Fsp3) is 0.407. The van der Waals surface area contributed by atoms with Crippen LogP contribution in [0.5, 0.6) is 5.75 Å². The Kier molecular flexibility index (Phi) is 14.7. The van der Waals surface area contributed by atoms with Crippen molar-refractivity contribution in [2.45, 2.75) is 123 Å². The number of likely N-dealkylation sites (tertiary alicyclic amines) is 1. The molecule has 0 radical (unpaired) electrons. The number of ether oxygens (including phenoxy) is 1. The number of carbonyl (C=O) groups excluding carboxylic acids is 4. The number of aromatic nitrogens is 4. The van der Waals surface area contributed by atoms with E-state index in [0.717, 1.165) is 73.3 Å². The standard InChI is InChI=1S/C54H59ClN8O6S2/c1-28(2)48(53(68)62-26-41(65)25-45(62)52(67)57-30(4)36-10-12-38(13-11-36)50-31(5)56-27-70-50)59-46(66)23-34-8-18-42(19-9-34)69-43-21-35(22-43)20-40(64)24-44-51-61-60-33(7)63(51)54-47(29(3)32(6)71-54)49(58-44)37-14-16-39(55)17-15-37/h8-19,27-28,30,35,41,43-45,48,65H,20-26H2,1-7H3,(H,57,67)(H,59,66)/t30-,35?,41+,43?,44-,45-,48-/m0/s1. The Bertz CT molecular complexity index is 2980. The average molecular weight is 1020 g/mol. The van der Waals surface area contributed by atoms with Crippen LogP contribution >= 0.6 is 34.3 Å². The van der Waals surface area contributed by atoms with E-state index >= 15 is 0 Å². The highest BCUT2D eigenvalue weighted by molar-refractivity contribution is 7.15. The molecule has 2 aliphatic heterocycles. The monoisotopic (exact) mass is 1010 g/mol. The lowest BCUT2D eigenvalue weighted by atomic mass is 9.78. The minimum absolute atomic E-state index is 0.00406. The van der Waals surface area contributed by atoms with Crippen molar-refractivity contribution in [2.24, 2.45) is 16.8 Å². The third kappa shape index (κ3) is 10.8. The van der Waals surface area contributed by atoms with E-state index in [1.54, 1.807) is 22.7 Å². The number of amides is 3. The van der Waals surface area contributed by atoms with Crippen LogP contribution in [0.4, 0.5) is 0 Å². The molecule has 17 heteroatoms. The van der Waals surface area contributed by atoms with E-state index in [-0.39, 0.29) is 67.4 Å². The Morgan fingerprint density at radius 1 is 0.873 bits per heavy atom. The molecular formula is C54H59ClN8O6S2. The van der Waals surface area contributed by atoms with Crippen molar-refractivity contribution in [2.75, 3.05) is 6.54 Å². The fourth-order valence-electron chi connectivity index (χ4n) is 9.87. The second-order valence-electron chi connectivity index (χ2n) is 19.6. The van der Waals surface area contributed by atoms with Crippen LogP contribution in [0.2, 0.25) is 5.02 Å². The predicted octanol–water partition coefficient (Wildman–Crippen LogP) is 8.96. The number of aliphatic hydroxyl groups excluding tert-OH is 1. The molecule has 9 rings (SSSR count). The number of aliphatic hydroxyl groups is 1. The molecular weight excluding hydrogens is 956 g/mol. The summed E-state index contributed by atoms with van der Waals surface area (Å²) < 4.78 is 8.35. The molecule has 1 saturated carbocycles. The van der Waals surface area contributed by atoms with E-state index in [1.807, 2.05) is 113 Å². The van der Waals surface area contributed by atoms with Crippen molar-refractivity contribution < 1.29 is 29.0 Å². The second kappa shape index (κ2) is 21.0. The van der Waals surface area contributed by atoms with Gasteiger partial charge in [0.15, 0.2) is 5.82 Å². The highest BCUT2D eigenvalue weighted by Gasteiger charge is 2.43. The van der Waals surface area contributed by atoms with Gasteiger partial charge in [-0.05, 0) is 106 Å². The molecule has 2 fully saturated rings. The summed E-state index contributed by atoms with van der Waals surface area (Å²) in [5.74, 6) is 0.993. The fourth-order valence-corrected chi connectivity index (χ4v) is 12.0. The van der Waals surface area contributed by atoms with Crippen LogP contribution in [0.3, 0.4) is 0 Å². The Labute approximate surface area is 426 Å². The van der Waals surface area contributed by atoms with Gasteiger partial charge in [-0.25, -0.2) is 4.98 Å². The van der Waals surface area contributed by atoms with Gasteiger partial charge >= 0.3 is 0 Å². The average Bonchev–Trinajstić information content (AvgIpc) is 4.10. The summed E-state index contributed by atoms with van der Waals surface area (Å²) in [6.45, 7) is 13.7. The number of ketones is 1. The molecule has 3 aromatic heterocycles. The van der Waals surface area contributed by atoms with Crippen LogP contribution in [-0.2, 0) is 25.6 Å². The summed E-state index contributed by atoms with van der Waals surface area (Å²) in [6.07, 6.45) is 1.33. The number of benzene rings is 3. The van der Waals surface area contributed by atoms with Crippen LogP contribution < -0.4 is 15.4 Å². The van der Waals surface area contributed by atoms with E-state index in [1.165, 1.54) is 9.78 Å². The third-order valence-corrected chi connectivity index (χ3v) is 16.4. The number of carbonyl (C=O) groups is 4. The maximum absolute atomic E-state index is 14.1. The molecule has 1 aliphatic carbocycles. The van der Waals surface area contributed by atoms with Gasteiger partial charge in [0.25, 0.3) is 0 Å². The van der Waals surface area contributed by atoms with Crippen molar-refractivity contribution in [3.05, 3.63) is 133 Å². The van der Waals surface area contributed by atoms with Crippen LogP contribution in [-0.4, -0.2) is 89.8 Å². The first-order valence-electron chi connectivity index (χ1n) is 24.2. The van der Waals surface area contributed by atoms with E-state index < -0.39 is 30.1 Å². The first kappa shape index (κ1) is 49.9. The Morgan fingerprint density at radius 2 is 1.58 bits per heavy atom. The number of hydrogen-bond donors (Lipinski definition) is 3. The predicted molar refractivity (Wildman–Crippen MR) is 277 cm³/mol. The zero-order chi connectivity index (χ0) is 50.2. The molecule has 0 bridgehead atoms. The Morgan fingerprint density at radius 3 is 2.25 bits per heavy atom. The number of thiazole rings is 1. The summed E-state index contributed by atoms with van der Waals surface area (Å²) in [5, 5.41) is 27.3. The van der Waals surface area contributed by atoms with Crippen molar-refractivity contribution in [1.82, 2.24) is 35.3 Å². The normalized spacial score (nSPS) is 20.3. The van der Waals surface area contributed by atoms with Crippen LogP contribution in [0.25, 0.3) is 15.4 Å². The molecule has 3 amide bonds. The number of hydrogen-bond acceptors (Lipinski definition) is 12. The number of β-amino-alcohol motifs (C(OH)–C–C–N with tert-alkyl or cyclic N) is 1. The van der Waals surface area contributed by atoms with Gasteiger partial charge in [0.1, 0.15) is 40.5 Å². The number of Topliss-reactive ketones (excluding diaryl/α,β-unsaturated/α-hetero) is 1. The van der Waals surface area contributed by atoms with Crippen molar-refractivity contribution in [3.8, 4) is 21.2 Å². The lowest BCUT2D eigenvalue weighted by Gasteiger charge is -2.35. The van der Waals surface area contributed by atoms with E-state index in [2.05, 4.69) is 44.2 Å². The van der Waals surface area contributed by atoms with Gasteiger partial charge in [0.05, 0.1) is 46.5 Å². The Balaban J connectivity index is 0.758. The highest BCUT2D eigenvalue weighted by Crippen LogP contribution is 2.41. The van der Waals surface area contributed by atoms with Crippen molar-refractivity contribution in [3.63, 3.8) is 0 Å². The Hall–Kier alpha value is -6.07. The number of aryl methyl sites for hydroxylation is 3. The largest absolute Gasteiger partial charge is 0.490 e. The number of nitrogens with zero attached hydrogens (tertiary/aromatic N) is 6. The third-order valence-electron chi connectivity index (χ3n) is 14.0. The van der Waals surface area contributed by atoms with E-state index in [4.69, 9.17) is 21.3 Å². The molecule has 1 saturated heterocycles. The van der Waals surface area contributed by atoms with Gasteiger partial charge < -0.3 is 25.4 Å². The number of nitrogens with one attached hydrogen (secondary N) is 2. The van der Waals surface area contributed by atoms with Crippen LogP contribution in [0, 0.1) is 39.5 Å². The number of aliphatic imine (C=N–C) groups is 1. The van der Waals surface area contributed by atoms with Gasteiger partial charge in [-0.3, -0.25) is 28.7 Å². The van der Waals surface area contributed by atoms with Gasteiger partial charge in [-0.1, -0.05) is 74.0 Å². The van der Waals surface area contributed by atoms with Crippen LogP contribution in [0.15, 0.2) is 83.3 Å². The van der Waals surface area contributed by atoms with E-state index in [0.29, 0.717) is 23.0 Å². The molecule has 14 nitrogen and oxygen atoms in total. The minimum atomic E-state index is -0.900. The first-order chi connectivity index (χ1) is 34.0. The quantitative estimate of drug-likeness (QED) is 0.0853. The molecule has 3 aromatic carbocycles. The molecule has 3 aliphatic rings. The summed E-state index contributed by atoms with van der Waals surface area (Å²) >= 11 is 9.53. The number of halogens is 1. The molecule has 0 spiro atoms. The van der Waals surface area contributed by atoms with Gasteiger partial charge in [0, 0.05) is 46.8 Å². The van der Waals surface area contributed by atoms with Gasteiger partial charge in [-0.15, -0.1) is 32.9 Å². The molecule has 71 heavy (non-hydrogen) atoms. The number of thiophene rings is 1. The lowest BCUT2D eigenvalue weighted by Crippen LogP contribution is -2.55. The lowest BCUT2D eigenvalue weighted by molar-refractivity contribution is -0.142. The molecule has 0 unspecified atom stereocenters. The van der Waals surface area contributed by atoms with Crippen molar-refractivity contribution >= 4 is 63.5 Å². The molecule has 370 valence electrons. The summed E-state index contributed by atoms with van der Waals surface area (Å²) in [6, 6.07) is 20.3. The number of fused-ring (bicyclic) bond motifs is 3. The maximum atomic E-state index is 14.1. The zero-order valence-electron chi connectivity index (χ0n) is 40.9. The second-order valence-corrected chi connectivity index (χ2v) is 22.0. The zero-order valence-corrected chi connectivity index (χ0v) is 43.3. The molecule has 6 aromatic rings. The topological polar surface area (TPSA) is 181 Å². The minimum Gasteiger partial charge on any atom is -0.490 e. The van der Waals surface area contributed by atoms with Gasteiger partial charge in [-0.2, -0.15) is 0 Å². The first-order valence-corrected chi connectivity index (χ1v) is 26.3.